The van der Waals surface area contributed by atoms with Crippen molar-refractivity contribution in [3.63, 3.8) is 0 Å². The van der Waals surface area contributed by atoms with Crippen LogP contribution in [0.15, 0.2) is 47.1 Å². The number of pyridine rings is 1. The second-order valence-electron chi connectivity index (χ2n) is 4.35. The summed E-state index contributed by atoms with van der Waals surface area (Å²) in [5, 5.41) is 10.7. The van der Waals surface area contributed by atoms with Crippen molar-refractivity contribution < 1.29 is 13.9 Å². The highest BCUT2D eigenvalue weighted by Gasteiger charge is 2.13. The van der Waals surface area contributed by atoms with Gasteiger partial charge in [0.25, 0.3) is 5.69 Å². The van der Waals surface area contributed by atoms with Gasteiger partial charge in [-0.05, 0) is 13.0 Å². The summed E-state index contributed by atoms with van der Waals surface area (Å²) in [4.78, 5) is 14.6. The zero-order valence-corrected chi connectivity index (χ0v) is 10.8. The molecule has 100 valence electrons. The highest BCUT2D eigenvalue weighted by Crippen LogP contribution is 2.26. The van der Waals surface area contributed by atoms with Crippen LogP contribution in [-0.2, 0) is 6.54 Å². The van der Waals surface area contributed by atoms with E-state index in [0.29, 0.717) is 17.0 Å². The average Bonchev–Trinajstić information content (AvgIpc) is 2.90. The van der Waals surface area contributed by atoms with Crippen LogP contribution in [0.2, 0.25) is 0 Å². The number of aryl methyl sites for hydroxylation is 1. The Hall–Kier alpha value is -2.76. The molecule has 6 nitrogen and oxygen atoms in total. The van der Waals surface area contributed by atoms with Crippen molar-refractivity contribution in [3.8, 4) is 11.5 Å². The molecule has 0 saturated carbocycles. The molecule has 0 aliphatic rings. The van der Waals surface area contributed by atoms with Crippen LogP contribution in [0.25, 0.3) is 22.6 Å². The molecule has 0 saturated heterocycles. The van der Waals surface area contributed by atoms with Crippen LogP contribution >= 0.6 is 0 Å². The molecule has 0 spiro atoms. The summed E-state index contributed by atoms with van der Waals surface area (Å²) in [5.74, 6) is 0.462. The standard InChI is InChI=1S/C14H12N3O3/c1-2-16-7-5-10(6-8-16)14-15-12-4-3-11(17(18)19)9-13(12)20-14/h3-9H,2H2,1H3/q+1. The van der Waals surface area contributed by atoms with E-state index in [0.717, 1.165) is 12.1 Å². The molecule has 0 amide bonds. The van der Waals surface area contributed by atoms with E-state index in [1.54, 1.807) is 6.07 Å². The minimum Gasteiger partial charge on any atom is -0.436 e. The normalized spacial score (nSPS) is 10.8. The number of aromatic nitrogens is 2. The van der Waals surface area contributed by atoms with Crippen molar-refractivity contribution in [1.82, 2.24) is 4.98 Å². The number of nitro groups is 1. The van der Waals surface area contributed by atoms with Gasteiger partial charge in [-0.3, -0.25) is 10.1 Å². The quantitative estimate of drug-likeness (QED) is 0.416. The van der Waals surface area contributed by atoms with Gasteiger partial charge in [-0.15, -0.1) is 0 Å². The molecule has 3 rings (SSSR count). The molecule has 2 aromatic heterocycles. The third-order valence-corrected chi connectivity index (χ3v) is 3.09. The van der Waals surface area contributed by atoms with Crippen molar-refractivity contribution in [2.45, 2.75) is 13.5 Å². The Morgan fingerprint density at radius 1 is 1.30 bits per heavy atom. The largest absolute Gasteiger partial charge is 0.436 e. The van der Waals surface area contributed by atoms with Gasteiger partial charge in [-0.25, -0.2) is 9.55 Å². The van der Waals surface area contributed by atoms with E-state index < -0.39 is 4.92 Å². The first-order chi connectivity index (χ1) is 9.67. The molecule has 0 bridgehead atoms. The van der Waals surface area contributed by atoms with Gasteiger partial charge in [0, 0.05) is 23.8 Å². The van der Waals surface area contributed by atoms with Crippen LogP contribution < -0.4 is 4.57 Å². The third kappa shape index (κ3) is 2.11. The van der Waals surface area contributed by atoms with Crippen LogP contribution in [0.5, 0.6) is 0 Å². The number of nitrogens with zero attached hydrogens (tertiary/aromatic N) is 3. The predicted octanol–water partition coefficient (Wildman–Crippen LogP) is 2.71. The zero-order valence-electron chi connectivity index (χ0n) is 10.8. The van der Waals surface area contributed by atoms with E-state index in [4.69, 9.17) is 4.42 Å². The molecule has 0 aliphatic heterocycles. The molecular weight excluding hydrogens is 258 g/mol. The lowest BCUT2D eigenvalue weighted by molar-refractivity contribution is -0.693. The Balaban J connectivity index is 2.05. The van der Waals surface area contributed by atoms with Gasteiger partial charge >= 0.3 is 0 Å². The number of nitro benzene ring substituents is 1. The molecule has 0 aliphatic carbocycles. The molecule has 3 aromatic rings. The Morgan fingerprint density at radius 3 is 2.70 bits per heavy atom. The molecule has 20 heavy (non-hydrogen) atoms. The van der Waals surface area contributed by atoms with E-state index in [9.17, 15) is 10.1 Å². The first-order valence-electron chi connectivity index (χ1n) is 6.22. The molecule has 0 fully saturated rings. The van der Waals surface area contributed by atoms with Crippen molar-refractivity contribution >= 4 is 16.8 Å². The Labute approximate surface area is 114 Å². The van der Waals surface area contributed by atoms with Crippen LogP contribution in [0, 0.1) is 10.1 Å². The van der Waals surface area contributed by atoms with Crippen LogP contribution in [0.4, 0.5) is 5.69 Å². The zero-order chi connectivity index (χ0) is 14.1. The predicted molar refractivity (Wildman–Crippen MR) is 72.0 cm³/mol. The first kappa shape index (κ1) is 12.3. The number of hydrogen-bond acceptors (Lipinski definition) is 4. The summed E-state index contributed by atoms with van der Waals surface area (Å²) in [6.07, 6.45) is 3.87. The SMILES string of the molecule is CC[n+]1ccc(-c2nc3ccc([N+](=O)[O-])cc3o2)cc1. The number of oxazole rings is 1. The topological polar surface area (TPSA) is 73.0 Å². The molecule has 0 unspecified atom stereocenters. The fourth-order valence-electron chi connectivity index (χ4n) is 1.96. The third-order valence-electron chi connectivity index (χ3n) is 3.09. The molecular formula is C14H12N3O3+. The maximum absolute atomic E-state index is 10.7. The molecule has 2 heterocycles. The summed E-state index contributed by atoms with van der Waals surface area (Å²) in [6, 6.07) is 8.21. The Kier molecular flexibility index (Phi) is 2.90. The fraction of sp³-hybridized carbons (Fsp3) is 0.143. The molecule has 6 heteroatoms. The molecule has 0 atom stereocenters. The minimum atomic E-state index is -0.450. The van der Waals surface area contributed by atoms with Gasteiger partial charge < -0.3 is 4.42 Å². The summed E-state index contributed by atoms with van der Waals surface area (Å²) in [6.45, 7) is 2.94. The van der Waals surface area contributed by atoms with E-state index in [1.807, 2.05) is 29.1 Å². The fourth-order valence-corrected chi connectivity index (χ4v) is 1.96. The number of fused-ring (bicyclic) bond motifs is 1. The number of rotatable bonds is 3. The monoisotopic (exact) mass is 270 g/mol. The molecule has 0 N–H and O–H groups in total. The van der Waals surface area contributed by atoms with E-state index >= 15 is 0 Å². The summed E-state index contributed by atoms with van der Waals surface area (Å²) in [7, 11) is 0. The second kappa shape index (κ2) is 4.73. The van der Waals surface area contributed by atoms with Gasteiger partial charge in [-0.1, -0.05) is 0 Å². The molecule has 1 aromatic carbocycles. The van der Waals surface area contributed by atoms with Gasteiger partial charge in [-0.2, -0.15) is 0 Å². The van der Waals surface area contributed by atoms with Gasteiger partial charge in [0.1, 0.15) is 12.1 Å². The lowest BCUT2D eigenvalue weighted by Crippen LogP contribution is -2.30. The Morgan fingerprint density at radius 2 is 2.05 bits per heavy atom. The minimum absolute atomic E-state index is 0.00270. The van der Waals surface area contributed by atoms with Crippen LogP contribution in [0.3, 0.4) is 0 Å². The van der Waals surface area contributed by atoms with Crippen molar-refractivity contribution in [1.29, 1.82) is 0 Å². The smallest absolute Gasteiger partial charge is 0.273 e. The summed E-state index contributed by atoms with van der Waals surface area (Å²) in [5.41, 5.74) is 1.87. The Bertz CT molecular complexity index is 778. The summed E-state index contributed by atoms with van der Waals surface area (Å²) >= 11 is 0. The average molecular weight is 270 g/mol. The second-order valence-corrected chi connectivity index (χ2v) is 4.35. The van der Waals surface area contributed by atoms with Gasteiger partial charge in [0.15, 0.2) is 18.0 Å². The lowest BCUT2D eigenvalue weighted by Gasteiger charge is -1.93. The first-order valence-corrected chi connectivity index (χ1v) is 6.22. The highest BCUT2D eigenvalue weighted by atomic mass is 16.6. The van der Waals surface area contributed by atoms with E-state index in [-0.39, 0.29) is 5.69 Å². The maximum atomic E-state index is 10.7. The number of hydrogen-bond donors (Lipinski definition) is 0. The summed E-state index contributed by atoms with van der Waals surface area (Å²) < 4.78 is 7.62. The number of benzene rings is 1. The van der Waals surface area contributed by atoms with Crippen LogP contribution in [0.1, 0.15) is 6.92 Å². The van der Waals surface area contributed by atoms with E-state index in [1.165, 1.54) is 12.1 Å². The van der Waals surface area contributed by atoms with Gasteiger partial charge in [0.2, 0.25) is 5.89 Å². The maximum Gasteiger partial charge on any atom is 0.273 e. The lowest BCUT2D eigenvalue weighted by atomic mass is 10.2. The van der Waals surface area contributed by atoms with Crippen LogP contribution in [-0.4, -0.2) is 9.91 Å². The number of non-ortho nitro benzene ring substituents is 1. The van der Waals surface area contributed by atoms with Crippen molar-refractivity contribution in [2.75, 3.05) is 0 Å². The van der Waals surface area contributed by atoms with Gasteiger partial charge in [0.05, 0.1) is 11.0 Å². The highest BCUT2D eigenvalue weighted by molar-refractivity contribution is 5.78. The van der Waals surface area contributed by atoms with Crippen molar-refractivity contribution in [3.05, 3.63) is 52.8 Å². The van der Waals surface area contributed by atoms with E-state index in [2.05, 4.69) is 11.9 Å². The van der Waals surface area contributed by atoms with Crippen molar-refractivity contribution in [2.24, 2.45) is 0 Å². The molecule has 0 radical (unpaired) electrons.